The lowest BCUT2D eigenvalue weighted by Gasteiger charge is -2.21. The van der Waals surface area contributed by atoms with Crippen LogP contribution >= 0.6 is 0 Å². The highest BCUT2D eigenvalue weighted by Crippen LogP contribution is 2.22. The molecular formula is C17H26N2O. The zero-order valence-corrected chi connectivity index (χ0v) is 12.2. The standard InChI is InChI=1S/C17H26N2O/c18-16(15-9-5-2-6-10-15)11-12-17(20)19-13-14-7-3-1-4-8-14/h2,5-6,9-10,14,16H,1,3-4,7-8,11-13,18H2,(H,19,20). The summed E-state index contributed by atoms with van der Waals surface area (Å²) in [6.07, 6.45) is 7.76. The molecule has 3 N–H and O–H groups in total. The Labute approximate surface area is 121 Å². The molecule has 1 atom stereocenters. The number of benzene rings is 1. The van der Waals surface area contributed by atoms with Crippen molar-refractivity contribution in [3.63, 3.8) is 0 Å². The van der Waals surface area contributed by atoms with Gasteiger partial charge in [-0.15, -0.1) is 0 Å². The van der Waals surface area contributed by atoms with Crippen molar-refractivity contribution in [1.82, 2.24) is 5.32 Å². The second-order valence-corrected chi connectivity index (χ2v) is 5.86. The summed E-state index contributed by atoms with van der Waals surface area (Å²) >= 11 is 0. The third-order valence-electron chi connectivity index (χ3n) is 4.22. The first-order chi connectivity index (χ1) is 9.75. The Kier molecular flexibility index (Phi) is 6.06. The van der Waals surface area contributed by atoms with Crippen LogP contribution in [0.2, 0.25) is 0 Å². The van der Waals surface area contributed by atoms with Gasteiger partial charge >= 0.3 is 0 Å². The van der Waals surface area contributed by atoms with Gasteiger partial charge in [0.15, 0.2) is 0 Å². The Morgan fingerprint density at radius 1 is 1.20 bits per heavy atom. The van der Waals surface area contributed by atoms with E-state index in [4.69, 9.17) is 5.73 Å². The van der Waals surface area contributed by atoms with Gasteiger partial charge in [0, 0.05) is 19.0 Å². The maximum atomic E-state index is 11.9. The zero-order chi connectivity index (χ0) is 14.2. The lowest BCUT2D eigenvalue weighted by atomic mass is 9.89. The first-order valence-electron chi connectivity index (χ1n) is 7.83. The summed E-state index contributed by atoms with van der Waals surface area (Å²) in [5, 5.41) is 3.06. The largest absolute Gasteiger partial charge is 0.356 e. The maximum Gasteiger partial charge on any atom is 0.220 e. The monoisotopic (exact) mass is 274 g/mol. The number of carbonyl (C=O) groups is 1. The molecule has 0 heterocycles. The summed E-state index contributed by atoms with van der Waals surface area (Å²) in [7, 11) is 0. The van der Waals surface area contributed by atoms with E-state index in [1.54, 1.807) is 0 Å². The Hall–Kier alpha value is -1.35. The van der Waals surface area contributed by atoms with E-state index in [1.165, 1.54) is 32.1 Å². The van der Waals surface area contributed by atoms with Crippen LogP contribution in [0.25, 0.3) is 0 Å². The second-order valence-electron chi connectivity index (χ2n) is 5.86. The first kappa shape index (κ1) is 15.0. The van der Waals surface area contributed by atoms with Gasteiger partial charge in [0.2, 0.25) is 5.91 Å². The van der Waals surface area contributed by atoms with E-state index < -0.39 is 0 Å². The SMILES string of the molecule is NC(CCC(=O)NCC1CCCCC1)c1ccccc1. The Morgan fingerprint density at radius 2 is 1.90 bits per heavy atom. The molecule has 1 aliphatic rings. The van der Waals surface area contributed by atoms with Gasteiger partial charge in [-0.2, -0.15) is 0 Å². The van der Waals surface area contributed by atoms with Crippen molar-refractivity contribution in [2.45, 2.75) is 51.0 Å². The van der Waals surface area contributed by atoms with Crippen molar-refractivity contribution < 1.29 is 4.79 Å². The van der Waals surface area contributed by atoms with E-state index in [-0.39, 0.29) is 11.9 Å². The topological polar surface area (TPSA) is 55.1 Å². The average molecular weight is 274 g/mol. The molecule has 3 nitrogen and oxygen atoms in total. The summed E-state index contributed by atoms with van der Waals surface area (Å²) in [5.41, 5.74) is 7.21. The molecule has 0 saturated heterocycles. The molecular weight excluding hydrogens is 248 g/mol. The average Bonchev–Trinajstić information content (AvgIpc) is 2.52. The summed E-state index contributed by atoms with van der Waals surface area (Å²) in [5.74, 6) is 0.831. The molecule has 20 heavy (non-hydrogen) atoms. The molecule has 0 spiro atoms. The fraction of sp³-hybridized carbons (Fsp3) is 0.588. The second kappa shape index (κ2) is 8.05. The molecule has 110 valence electrons. The Balaban J connectivity index is 1.64. The van der Waals surface area contributed by atoms with Gasteiger partial charge in [0.25, 0.3) is 0 Å². The number of hydrogen-bond donors (Lipinski definition) is 2. The molecule has 0 radical (unpaired) electrons. The predicted octanol–water partition coefficient (Wildman–Crippen LogP) is 3.16. The van der Waals surface area contributed by atoms with E-state index >= 15 is 0 Å². The molecule has 0 bridgehead atoms. The number of amides is 1. The number of carbonyl (C=O) groups excluding carboxylic acids is 1. The molecule has 1 fully saturated rings. The molecule has 1 saturated carbocycles. The highest BCUT2D eigenvalue weighted by Gasteiger charge is 2.14. The van der Waals surface area contributed by atoms with Gasteiger partial charge < -0.3 is 11.1 Å². The predicted molar refractivity (Wildman–Crippen MR) is 82.2 cm³/mol. The molecule has 0 aromatic heterocycles. The van der Waals surface area contributed by atoms with Crippen LogP contribution in [0.4, 0.5) is 0 Å². The summed E-state index contributed by atoms with van der Waals surface area (Å²) in [6, 6.07) is 9.94. The fourth-order valence-electron chi connectivity index (χ4n) is 2.89. The summed E-state index contributed by atoms with van der Waals surface area (Å²) < 4.78 is 0. The van der Waals surface area contributed by atoms with E-state index in [1.807, 2.05) is 30.3 Å². The quantitative estimate of drug-likeness (QED) is 0.837. The number of nitrogens with one attached hydrogen (secondary N) is 1. The van der Waals surface area contributed by atoms with Crippen molar-refractivity contribution in [1.29, 1.82) is 0 Å². The highest BCUT2D eigenvalue weighted by molar-refractivity contribution is 5.75. The zero-order valence-electron chi connectivity index (χ0n) is 12.2. The van der Waals surface area contributed by atoms with Gasteiger partial charge in [-0.25, -0.2) is 0 Å². The van der Waals surface area contributed by atoms with Crippen LogP contribution in [0, 0.1) is 5.92 Å². The third-order valence-corrected chi connectivity index (χ3v) is 4.22. The van der Waals surface area contributed by atoms with Crippen LogP contribution in [0.1, 0.15) is 56.6 Å². The van der Waals surface area contributed by atoms with Crippen molar-refractivity contribution >= 4 is 5.91 Å². The third kappa shape index (κ3) is 4.97. The molecule has 1 aromatic carbocycles. The van der Waals surface area contributed by atoms with Crippen LogP contribution in [0.15, 0.2) is 30.3 Å². The minimum absolute atomic E-state index is 0.0448. The molecule has 0 aliphatic heterocycles. The van der Waals surface area contributed by atoms with Crippen LogP contribution in [0.3, 0.4) is 0 Å². The number of hydrogen-bond acceptors (Lipinski definition) is 2. The van der Waals surface area contributed by atoms with Crippen molar-refractivity contribution in [3.05, 3.63) is 35.9 Å². The molecule has 2 rings (SSSR count). The van der Waals surface area contributed by atoms with E-state index in [9.17, 15) is 4.79 Å². The normalized spacial score (nSPS) is 17.6. The fourth-order valence-corrected chi connectivity index (χ4v) is 2.89. The highest BCUT2D eigenvalue weighted by atomic mass is 16.1. The first-order valence-corrected chi connectivity index (χ1v) is 7.83. The number of nitrogens with two attached hydrogens (primary N) is 1. The van der Waals surface area contributed by atoms with E-state index in [0.717, 1.165) is 12.1 Å². The van der Waals surface area contributed by atoms with Gasteiger partial charge in [-0.1, -0.05) is 49.6 Å². The Bertz CT molecular complexity index is 399. The lowest BCUT2D eigenvalue weighted by molar-refractivity contribution is -0.121. The number of rotatable bonds is 6. The van der Waals surface area contributed by atoms with E-state index in [0.29, 0.717) is 18.8 Å². The minimum Gasteiger partial charge on any atom is -0.356 e. The van der Waals surface area contributed by atoms with Crippen LogP contribution in [0.5, 0.6) is 0 Å². The van der Waals surface area contributed by atoms with Crippen molar-refractivity contribution in [2.24, 2.45) is 11.7 Å². The molecule has 1 amide bonds. The summed E-state index contributed by atoms with van der Waals surface area (Å²) in [6.45, 7) is 0.847. The molecule has 1 aromatic rings. The molecule has 1 aliphatic carbocycles. The Morgan fingerprint density at radius 3 is 2.60 bits per heavy atom. The van der Waals surface area contributed by atoms with Gasteiger partial charge in [0.05, 0.1) is 0 Å². The van der Waals surface area contributed by atoms with Gasteiger partial charge in [-0.3, -0.25) is 4.79 Å². The van der Waals surface area contributed by atoms with E-state index in [2.05, 4.69) is 5.32 Å². The lowest BCUT2D eigenvalue weighted by Crippen LogP contribution is -2.30. The van der Waals surface area contributed by atoms with Gasteiger partial charge in [0.1, 0.15) is 0 Å². The van der Waals surface area contributed by atoms with Gasteiger partial charge in [-0.05, 0) is 30.7 Å². The van der Waals surface area contributed by atoms with Crippen LogP contribution in [-0.4, -0.2) is 12.5 Å². The van der Waals surface area contributed by atoms with Crippen LogP contribution in [-0.2, 0) is 4.79 Å². The maximum absolute atomic E-state index is 11.9. The minimum atomic E-state index is -0.0448. The smallest absolute Gasteiger partial charge is 0.220 e. The van der Waals surface area contributed by atoms with Crippen LogP contribution < -0.4 is 11.1 Å². The van der Waals surface area contributed by atoms with Crippen molar-refractivity contribution in [2.75, 3.05) is 6.54 Å². The summed E-state index contributed by atoms with van der Waals surface area (Å²) in [4.78, 5) is 11.9. The van der Waals surface area contributed by atoms with Crippen molar-refractivity contribution in [3.8, 4) is 0 Å². The molecule has 1 unspecified atom stereocenters. The molecule has 3 heteroatoms.